The molecule has 0 amide bonds. The van der Waals surface area contributed by atoms with Gasteiger partial charge in [0.25, 0.3) is 0 Å². The number of aromatic hydroxyl groups is 1. The first-order valence-corrected chi connectivity index (χ1v) is 10.7. The standard InChI is InChI=1S/C23H21N3O4S/c1-3-26-18(17-12-16-7-5-6-8-20(16)30-22(17)28)14-31-23(26)25-24-13-15-9-10-19(27)21(11-15)29-4-2/h5-14,27H,3-4H2,1-2H3/b24-13+,25-23-. The molecule has 2 aromatic heterocycles. The number of hydrogen-bond donors (Lipinski definition) is 1. The predicted molar refractivity (Wildman–Crippen MR) is 122 cm³/mol. The van der Waals surface area contributed by atoms with Crippen molar-refractivity contribution in [2.75, 3.05) is 6.61 Å². The number of aromatic nitrogens is 1. The molecule has 0 bridgehead atoms. The van der Waals surface area contributed by atoms with E-state index >= 15 is 0 Å². The molecule has 4 rings (SSSR count). The molecule has 2 heterocycles. The van der Waals surface area contributed by atoms with E-state index < -0.39 is 0 Å². The second-order valence-corrected chi connectivity index (χ2v) is 7.47. The molecule has 0 fully saturated rings. The number of benzene rings is 2. The molecule has 0 radical (unpaired) electrons. The van der Waals surface area contributed by atoms with Gasteiger partial charge in [0.2, 0.25) is 4.80 Å². The van der Waals surface area contributed by atoms with Gasteiger partial charge in [-0.15, -0.1) is 16.4 Å². The van der Waals surface area contributed by atoms with Crippen molar-refractivity contribution in [3.8, 4) is 22.8 Å². The highest BCUT2D eigenvalue weighted by Gasteiger charge is 2.13. The van der Waals surface area contributed by atoms with Crippen molar-refractivity contribution in [1.82, 2.24) is 4.57 Å². The number of para-hydroxylation sites is 1. The number of thiazole rings is 1. The lowest BCUT2D eigenvalue weighted by Crippen LogP contribution is -2.16. The number of phenolic OH excluding ortho intramolecular Hbond substituents is 1. The molecule has 0 spiro atoms. The predicted octanol–water partition coefficient (Wildman–Crippen LogP) is 4.38. The summed E-state index contributed by atoms with van der Waals surface area (Å²) in [5, 5.41) is 21.1. The molecule has 0 aliphatic carbocycles. The zero-order valence-electron chi connectivity index (χ0n) is 17.1. The number of phenols is 1. The third kappa shape index (κ3) is 4.29. The van der Waals surface area contributed by atoms with Crippen molar-refractivity contribution < 1.29 is 14.3 Å². The minimum Gasteiger partial charge on any atom is -0.504 e. The summed E-state index contributed by atoms with van der Waals surface area (Å²) in [5.41, 5.74) is 2.15. The molecule has 0 saturated heterocycles. The topological polar surface area (TPSA) is 89.3 Å². The van der Waals surface area contributed by atoms with E-state index in [1.54, 1.807) is 30.5 Å². The molecule has 4 aromatic rings. The fourth-order valence-corrected chi connectivity index (χ4v) is 4.12. The molecule has 158 valence electrons. The van der Waals surface area contributed by atoms with Crippen LogP contribution in [0.2, 0.25) is 0 Å². The van der Waals surface area contributed by atoms with Crippen LogP contribution >= 0.6 is 11.3 Å². The molecule has 0 aliphatic heterocycles. The third-order valence-electron chi connectivity index (χ3n) is 4.67. The van der Waals surface area contributed by atoms with E-state index in [9.17, 15) is 9.90 Å². The van der Waals surface area contributed by atoms with Crippen molar-refractivity contribution in [3.63, 3.8) is 0 Å². The van der Waals surface area contributed by atoms with Crippen LogP contribution in [0.1, 0.15) is 19.4 Å². The number of rotatable bonds is 6. The smallest absolute Gasteiger partial charge is 0.345 e. The quantitative estimate of drug-likeness (QED) is 0.276. The van der Waals surface area contributed by atoms with E-state index in [0.717, 1.165) is 16.6 Å². The lowest BCUT2D eigenvalue weighted by atomic mass is 10.1. The SMILES string of the molecule is CCOc1cc(/C=N/N=c2\scc(-c3cc4ccccc4oc3=O)n2CC)ccc1O. The molecule has 1 N–H and O–H groups in total. The molecule has 0 saturated carbocycles. The number of ether oxygens (including phenoxy) is 1. The Morgan fingerprint density at radius 1 is 1.19 bits per heavy atom. The van der Waals surface area contributed by atoms with Crippen molar-refractivity contribution in [2.24, 2.45) is 10.2 Å². The number of hydrogen-bond acceptors (Lipinski definition) is 7. The van der Waals surface area contributed by atoms with Gasteiger partial charge in [-0.25, -0.2) is 4.79 Å². The maximum Gasteiger partial charge on any atom is 0.345 e. The van der Waals surface area contributed by atoms with Crippen LogP contribution in [0.15, 0.2) is 73.3 Å². The minimum absolute atomic E-state index is 0.0804. The molecule has 0 aliphatic rings. The van der Waals surface area contributed by atoms with Crippen molar-refractivity contribution in [3.05, 3.63) is 74.7 Å². The molecule has 31 heavy (non-hydrogen) atoms. The van der Waals surface area contributed by atoms with Gasteiger partial charge in [-0.2, -0.15) is 5.10 Å². The van der Waals surface area contributed by atoms with E-state index in [4.69, 9.17) is 9.15 Å². The second kappa shape index (κ2) is 9.01. The Kier molecular flexibility index (Phi) is 5.99. The first kappa shape index (κ1) is 20.6. The largest absolute Gasteiger partial charge is 0.504 e. The Morgan fingerprint density at radius 2 is 2.03 bits per heavy atom. The second-order valence-electron chi connectivity index (χ2n) is 6.64. The lowest BCUT2D eigenvalue weighted by Gasteiger charge is -2.06. The zero-order chi connectivity index (χ0) is 21.8. The Bertz CT molecular complexity index is 1380. The Labute approximate surface area is 182 Å². The zero-order valence-corrected chi connectivity index (χ0v) is 17.9. The van der Waals surface area contributed by atoms with E-state index in [2.05, 4.69) is 10.2 Å². The minimum atomic E-state index is -0.388. The van der Waals surface area contributed by atoms with Crippen LogP contribution in [0.3, 0.4) is 0 Å². The fraction of sp³-hybridized carbons (Fsp3) is 0.174. The van der Waals surface area contributed by atoms with Crippen LogP contribution < -0.4 is 15.2 Å². The summed E-state index contributed by atoms with van der Waals surface area (Å²) in [6, 6.07) is 14.3. The maximum atomic E-state index is 12.6. The summed E-state index contributed by atoms with van der Waals surface area (Å²) in [5.74, 6) is 0.480. The van der Waals surface area contributed by atoms with Gasteiger partial charge in [-0.1, -0.05) is 18.2 Å². The Hall–Kier alpha value is -3.65. The van der Waals surface area contributed by atoms with Crippen molar-refractivity contribution in [2.45, 2.75) is 20.4 Å². The molecule has 2 aromatic carbocycles. The molecule has 0 atom stereocenters. The van der Waals surface area contributed by atoms with Crippen molar-refractivity contribution in [1.29, 1.82) is 0 Å². The Morgan fingerprint density at radius 3 is 2.84 bits per heavy atom. The van der Waals surface area contributed by atoms with E-state index in [1.165, 1.54) is 11.3 Å². The summed E-state index contributed by atoms with van der Waals surface area (Å²) in [4.78, 5) is 13.2. The number of nitrogens with zero attached hydrogens (tertiary/aromatic N) is 3. The molecular weight excluding hydrogens is 414 g/mol. The van der Waals surface area contributed by atoms with Crippen molar-refractivity contribution >= 4 is 28.5 Å². The lowest BCUT2D eigenvalue weighted by molar-refractivity contribution is 0.318. The molecular formula is C23H21N3O4S. The highest BCUT2D eigenvalue weighted by atomic mass is 32.1. The van der Waals surface area contributed by atoms with Crippen LogP contribution in [-0.4, -0.2) is 22.5 Å². The molecule has 8 heteroatoms. The van der Waals surface area contributed by atoms with Gasteiger partial charge in [-0.05, 0) is 49.7 Å². The van der Waals surface area contributed by atoms with Gasteiger partial charge in [0.15, 0.2) is 11.5 Å². The van der Waals surface area contributed by atoms with Crippen LogP contribution in [-0.2, 0) is 6.54 Å². The normalized spacial score (nSPS) is 12.1. The average Bonchev–Trinajstić information content (AvgIpc) is 3.18. The summed E-state index contributed by atoms with van der Waals surface area (Å²) in [6.07, 6.45) is 1.59. The first-order valence-electron chi connectivity index (χ1n) is 9.85. The van der Waals surface area contributed by atoms with Gasteiger partial charge >= 0.3 is 5.63 Å². The Balaban J connectivity index is 1.70. The summed E-state index contributed by atoms with van der Waals surface area (Å²) in [6.45, 7) is 4.91. The third-order valence-corrected chi connectivity index (χ3v) is 5.52. The molecule has 0 unspecified atom stereocenters. The summed E-state index contributed by atoms with van der Waals surface area (Å²) in [7, 11) is 0. The number of fused-ring (bicyclic) bond motifs is 1. The van der Waals surface area contributed by atoms with Gasteiger partial charge in [0.05, 0.1) is 24.1 Å². The van der Waals surface area contributed by atoms with Crippen LogP contribution in [0.25, 0.3) is 22.2 Å². The van der Waals surface area contributed by atoms with Gasteiger partial charge < -0.3 is 18.8 Å². The van der Waals surface area contributed by atoms with E-state index in [-0.39, 0.29) is 11.4 Å². The van der Waals surface area contributed by atoms with E-state index in [1.807, 2.05) is 48.1 Å². The van der Waals surface area contributed by atoms with Crippen LogP contribution in [0.5, 0.6) is 11.5 Å². The fourth-order valence-electron chi connectivity index (χ4n) is 3.20. The summed E-state index contributed by atoms with van der Waals surface area (Å²) < 4.78 is 12.8. The molecule has 7 nitrogen and oxygen atoms in total. The van der Waals surface area contributed by atoms with Crippen LogP contribution in [0.4, 0.5) is 0 Å². The maximum absolute atomic E-state index is 12.6. The highest BCUT2D eigenvalue weighted by Crippen LogP contribution is 2.26. The van der Waals surface area contributed by atoms with Gasteiger partial charge in [0, 0.05) is 17.3 Å². The first-order chi connectivity index (χ1) is 15.1. The van der Waals surface area contributed by atoms with E-state index in [0.29, 0.717) is 34.8 Å². The highest BCUT2D eigenvalue weighted by molar-refractivity contribution is 7.07. The van der Waals surface area contributed by atoms with Gasteiger partial charge in [-0.3, -0.25) is 0 Å². The van der Waals surface area contributed by atoms with Gasteiger partial charge in [0.1, 0.15) is 5.58 Å². The average molecular weight is 436 g/mol. The monoisotopic (exact) mass is 435 g/mol. The summed E-state index contributed by atoms with van der Waals surface area (Å²) >= 11 is 1.40. The van der Waals surface area contributed by atoms with Crippen LogP contribution in [0, 0.1) is 0 Å².